The molecule has 3 nitrogen and oxygen atoms in total. The van der Waals surface area contributed by atoms with E-state index in [2.05, 4.69) is 47.4 Å². The lowest BCUT2D eigenvalue weighted by Gasteiger charge is -2.11. The highest BCUT2D eigenvalue weighted by atomic mass is 35.5. The van der Waals surface area contributed by atoms with E-state index in [9.17, 15) is 0 Å². The van der Waals surface area contributed by atoms with Crippen LogP contribution in [0.5, 0.6) is 0 Å². The highest BCUT2D eigenvalue weighted by Crippen LogP contribution is 2.30. The molecule has 1 aliphatic rings. The lowest BCUT2D eigenvalue weighted by molar-refractivity contribution is 0.490. The van der Waals surface area contributed by atoms with Crippen LogP contribution in [0.1, 0.15) is 26.3 Å². The van der Waals surface area contributed by atoms with Gasteiger partial charge in [-0.3, -0.25) is 0 Å². The van der Waals surface area contributed by atoms with Gasteiger partial charge in [-0.1, -0.05) is 23.3 Å². The van der Waals surface area contributed by atoms with E-state index in [4.69, 9.17) is 23.8 Å². The zero-order valence-electron chi connectivity index (χ0n) is 12.6. The van der Waals surface area contributed by atoms with Gasteiger partial charge in [0.1, 0.15) is 0 Å². The van der Waals surface area contributed by atoms with E-state index >= 15 is 0 Å². The van der Waals surface area contributed by atoms with Crippen LogP contribution in [0.25, 0.3) is 11.0 Å². The Morgan fingerprint density at radius 2 is 2.24 bits per heavy atom. The van der Waals surface area contributed by atoms with Gasteiger partial charge in [0.15, 0.2) is 4.77 Å². The molecular weight excluding hydrogens is 302 g/mol. The van der Waals surface area contributed by atoms with E-state index in [0.29, 0.717) is 6.04 Å². The van der Waals surface area contributed by atoms with Crippen LogP contribution < -0.4 is 5.32 Å². The molecule has 1 aliphatic heterocycles. The first kappa shape index (κ1) is 14.8. The third kappa shape index (κ3) is 2.56. The second-order valence-electron chi connectivity index (χ2n) is 5.96. The molecule has 0 saturated heterocycles. The second kappa shape index (κ2) is 5.59. The normalized spacial score (nSPS) is 17.8. The Balaban J connectivity index is 2.30. The zero-order chi connectivity index (χ0) is 15.1. The first-order valence-corrected chi connectivity index (χ1v) is 8.05. The molecule has 21 heavy (non-hydrogen) atoms. The Bertz CT molecular complexity index is 781. The third-order valence-electron chi connectivity index (χ3n) is 3.99. The fraction of sp³-hybridized carbons (Fsp3) is 0.438. The maximum Gasteiger partial charge on any atom is 0.181 e. The van der Waals surface area contributed by atoms with Crippen molar-refractivity contribution in [1.29, 1.82) is 0 Å². The van der Waals surface area contributed by atoms with Crippen molar-refractivity contribution >= 4 is 34.9 Å². The summed E-state index contributed by atoms with van der Waals surface area (Å²) < 4.78 is 5.31. The highest BCUT2D eigenvalue weighted by Gasteiger charge is 2.20. The average molecular weight is 322 g/mol. The van der Waals surface area contributed by atoms with E-state index in [1.807, 2.05) is 6.07 Å². The van der Waals surface area contributed by atoms with E-state index in [0.717, 1.165) is 35.0 Å². The maximum atomic E-state index is 6.41. The van der Waals surface area contributed by atoms with Gasteiger partial charge in [-0.2, -0.15) is 0 Å². The van der Waals surface area contributed by atoms with Crippen LogP contribution in [0.2, 0.25) is 5.02 Å². The quantitative estimate of drug-likeness (QED) is 0.658. The molecule has 3 rings (SSSR count). The maximum absolute atomic E-state index is 6.41. The summed E-state index contributed by atoms with van der Waals surface area (Å²) in [6, 6.07) is 4.44. The van der Waals surface area contributed by atoms with E-state index in [-0.39, 0.29) is 0 Å². The SMILES string of the molecule is CC(C)=CCn1c(=S)n2c3c(c(Cl)ccc31)CN[C@@H](C)C2. The van der Waals surface area contributed by atoms with Crippen molar-refractivity contribution in [3.05, 3.63) is 39.1 Å². The predicted molar refractivity (Wildman–Crippen MR) is 91.5 cm³/mol. The number of halogens is 1. The fourth-order valence-corrected chi connectivity index (χ4v) is 3.42. The standard InChI is InChI=1S/C16H20ClN3S/c1-10(2)6-7-19-14-5-4-13(17)12-8-18-11(3)9-20(15(12)14)16(19)21/h4-6,11,18H,7-9H2,1-3H3/t11-/m0/s1. The Morgan fingerprint density at radius 1 is 1.48 bits per heavy atom. The summed E-state index contributed by atoms with van der Waals surface area (Å²) >= 11 is 12.1. The van der Waals surface area contributed by atoms with Gasteiger partial charge in [0.2, 0.25) is 0 Å². The number of hydrogen-bond acceptors (Lipinski definition) is 2. The molecule has 0 radical (unpaired) electrons. The predicted octanol–water partition coefficient (Wildman–Crippen LogP) is 4.28. The summed E-state index contributed by atoms with van der Waals surface area (Å²) in [7, 11) is 0. The Kier molecular flexibility index (Phi) is 3.95. The summed E-state index contributed by atoms with van der Waals surface area (Å²) in [6.45, 7) is 8.89. The minimum absolute atomic E-state index is 0.377. The summed E-state index contributed by atoms with van der Waals surface area (Å²) in [5.41, 5.74) is 4.81. The number of aromatic nitrogens is 2. The number of rotatable bonds is 2. The summed E-state index contributed by atoms with van der Waals surface area (Å²) in [4.78, 5) is 0. The van der Waals surface area contributed by atoms with Crippen molar-refractivity contribution in [1.82, 2.24) is 14.5 Å². The van der Waals surface area contributed by atoms with Crippen molar-refractivity contribution in [2.45, 2.75) is 46.4 Å². The van der Waals surface area contributed by atoms with Gasteiger partial charge in [-0.15, -0.1) is 0 Å². The van der Waals surface area contributed by atoms with Gasteiger partial charge in [-0.25, -0.2) is 0 Å². The molecule has 0 spiro atoms. The van der Waals surface area contributed by atoms with Gasteiger partial charge >= 0.3 is 0 Å². The van der Waals surface area contributed by atoms with Crippen molar-refractivity contribution < 1.29 is 0 Å². The third-order valence-corrected chi connectivity index (χ3v) is 4.79. The first-order chi connectivity index (χ1) is 9.99. The monoisotopic (exact) mass is 321 g/mol. The minimum atomic E-state index is 0.377. The second-order valence-corrected chi connectivity index (χ2v) is 6.73. The molecule has 0 bridgehead atoms. The summed E-state index contributed by atoms with van der Waals surface area (Å²) in [5, 5.41) is 4.31. The van der Waals surface area contributed by atoms with Gasteiger partial charge in [0.25, 0.3) is 0 Å². The Hall–Kier alpha value is -1.10. The molecule has 1 aromatic heterocycles. The molecule has 2 heterocycles. The van der Waals surface area contributed by atoms with Crippen LogP contribution in [0.15, 0.2) is 23.8 Å². The van der Waals surface area contributed by atoms with Crippen LogP contribution in [0, 0.1) is 4.77 Å². The molecule has 1 aromatic carbocycles. The molecule has 0 unspecified atom stereocenters. The molecule has 1 atom stereocenters. The molecule has 2 aromatic rings. The first-order valence-electron chi connectivity index (χ1n) is 7.26. The van der Waals surface area contributed by atoms with Gasteiger partial charge < -0.3 is 14.5 Å². The largest absolute Gasteiger partial charge is 0.315 e. The van der Waals surface area contributed by atoms with E-state index in [1.54, 1.807) is 0 Å². The number of nitrogens with one attached hydrogen (secondary N) is 1. The van der Waals surface area contributed by atoms with E-state index in [1.165, 1.54) is 16.6 Å². The lowest BCUT2D eigenvalue weighted by Crippen LogP contribution is -2.27. The number of hydrogen-bond donors (Lipinski definition) is 1. The van der Waals surface area contributed by atoms with Crippen molar-refractivity contribution in [3.63, 3.8) is 0 Å². The smallest absolute Gasteiger partial charge is 0.181 e. The molecule has 1 N–H and O–H groups in total. The minimum Gasteiger partial charge on any atom is -0.315 e. The average Bonchev–Trinajstić information content (AvgIpc) is 2.58. The molecule has 0 saturated carbocycles. The van der Waals surface area contributed by atoms with Crippen LogP contribution in [-0.4, -0.2) is 15.2 Å². The molecule has 0 fully saturated rings. The van der Waals surface area contributed by atoms with E-state index < -0.39 is 0 Å². The Labute approximate surface area is 135 Å². The van der Waals surface area contributed by atoms with Crippen LogP contribution >= 0.6 is 23.8 Å². The zero-order valence-corrected chi connectivity index (χ0v) is 14.2. The van der Waals surface area contributed by atoms with Gasteiger partial charge in [-0.05, 0) is 45.1 Å². The topological polar surface area (TPSA) is 21.9 Å². The van der Waals surface area contributed by atoms with Crippen molar-refractivity contribution in [2.24, 2.45) is 0 Å². The lowest BCUT2D eigenvalue weighted by atomic mass is 10.1. The van der Waals surface area contributed by atoms with Gasteiger partial charge in [0.05, 0.1) is 11.0 Å². The highest BCUT2D eigenvalue weighted by molar-refractivity contribution is 7.71. The molecule has 0 amide bonds. The van der Waals surface area contributed by atoms with Crippen LogP contribution in [0.3, 0.4) is 0 Å². The number of benzene rings is 1. The van der Waals surface area contributed by atoms with Crippen LogP contribution in [-0.2, 0) is 19.6 Å². The van der Waals surface area contributed by atoms with Gasteiger partial charge in [0, 0.05) is 36.3 Å². The molecule has 5 heteroatoms. The van der Waals surface area contributed by atoms with Crippen LogP contribution in [0.4, 0.5) is 0 Å². The summed E-state index contributed by atoms with van der Waals surface area (Å²) in [6.07, 6.45) is 2.21. The van der Waals surface area contributed by atoms with Crippen molar-refractivity contribution in [2.75, 3.05) is 0 Å². The fourth-order valence-electron chi connectivity index (χ4n) is 2.87. The van der Waals surface area contributed by atoms with Crippen molar-refractivity contribution in [3.8, 4) is 0 Å². The number of allylic oxidation sites excluding steroid dienone is 2. The summed E-state index contributed by atoms with van der Waals surface area (Å²) in [5.74, 6) is 0. The molecule has 0 aliphatic carbocycles. The molecular formula is C16H20ClN3S. The Morgan fingerprint density at radius 3 is 2.95 bits per heavy atom. The number of nitrogens with zero attached hydrogens (tertiary/aromatic N) is 2. The number of imidazole rings is 1. The molecule has 112 valence electrons.